The van der Waals surface area contributed by atoms with E-state index in [4.69, 9.17) is 4.98 Å². The Kier molecular flexibility index (Phi) is 5.90. The van der Waals surface area contributed by atoms with Gasteiger partial charge in [-0.25, -0.2) is 4.98 Å². The van der Waals surface area contributed by atoms with Crippen LogP contribution in [0.4, 0.5) is 11.5 Å². The highest BCUT2D eigenvalue weighted by Gasteiger charge is 2.23. The fraction of sp³-hybridized carbons (Fsp3) is 0.435. The Hall–Kier alpha value is -2.73. The highest BCUT2D eigenvalue weighted by molar-refractivity contribution is 5.56. The average Bonchev–Trinajstić information content (AvgIpc) is 3.08. The predicted octanol–water partition coefficient (Wildman–Crippen LogP) is 4.43. The maximum Gasteiger partial charge on any atom is 0.130 e. The minimum absolute atomic E-state index is 0.509. The molecule has 0 radical (unpaired) electrons. The Labute approximate surface area is 173 Å². The van der Waals surface area contributed by atoms with Crippen LogP contribution in [0.5, 0.6) is 0 Å². The highest BCUT2D eigenvalue weighted by atomic mass is 15.3. The average molecular weight is 391 g/mol. The second kappa shape index (κ2) is 8.74. The van der Waals surface area contributed by atoms with Gasteiger partial charge in [-0.3, -0.25) is 14.6 Å². The Morgan fingerprint density at radius 3 is 2.66 bits per heavy atom. The number of pyridine rings is 2. The van der Waals surface area contributed by atoms with Gasteiger partial charge in [0.2, 0.25) is 0 Å². The van der Waals surface area contributed by atoms with Gasteiger partial charge in [-0.15, -0.1) is 0 Å². The molecule has 0 saturated carbocycles. The number of nitrogens with one attached hydrogen (secondary N) is 1. The van der Waals surface area contributed by atoms with Crippen LogP contribution in [-0.2, 0) is 13.1 Å². The quantitative estimate of drug-likeness (QED) is 0.675. The van der Waals surface area contributed by atoms with E-state index in [-0.39, 0.29) is 0 Å². The van der Waals surface area contributed by atoms with Crippen LogP contribution in [0.25, 0.3) is 0 Å². The van der Waals surface area contributed by atoms with Crippen molar-refractivity contribution in [3.8, 4) is 0 Å². The van der Waals surface area contributed by atoms with E-state index in [1.165, 1.54) is 17.0 Å². The molecule has 0 unspecified atom stereocenters. The molecule has 0 aromatic carbocycles. The summed E-state index contributed by atoms with van der Waals surface area (Å²) in [5, 5.41) is 7.89. The maximum absolute atomic E-state index is 4.84. The summed E-state index contributed by atoms with van der Waals surface area (Å²) in [4.78, 5) is 11.8. The number of aryl methyl sites for hydroxylation is 2. The van der Waals surface area contributed by atoms with Gasteiger partial charge in [0.1, 0.15) is 5.82 Å². The zero-order valence-electron chi connectivity index (χ0n) is 17.6. The van der Waals surface area contributed by atoms with E-state index in [2.05, 4.69) is 57.9 Å². The number of piperidine rings is 1. The van der Waals surface area contributed by atoms with E-state index >= 15 is 0 Å². The third-order valence-corrected chi connectivity index (χ3v) is 5.81. The van der Waals surface area contributed by atoms with Crippen LogP contribution in [0.3, 0.4) is 0 Å². The molecule has 0 atom stereocenters. The van der Waals surface area contributed by atoms with Crippen LogP contribution < -0.4 is 5.32 Å². The van der Waals surface area contributed by atoms with Gasteiger partial charge in [0.15, 0.2) is 0 Å². The lowest BCUT2D eigenvalue weighted by atomic mass is 9.92. The summed E-state index contributed by atoms with van der Waals surface area (Å²) >= 11 is 0. The molecule has 6 nitrogen and oxygen atoms in total. The van der Waals surface area contributed by atoms with Crippen LogP contribution in [0.15, 0.2) is 42.7 Å². The van der Waals surface area contributed by atoms with Gasteiger partial charge in [0.25, 0.3) is 0 Å². The number of aromatic nitrogens is 4. The van der Waals surface area contributed by atoms with Crippen molar-refractivity contribution in [1.29, 1.82) is 0 Å². The molecule has 3 aromatic heterocycles. The summed E-state index contributed by atoms with van der Waals surface area (Å²) in [6.45, 7) is 10.5. The van der Waals surface area contributed by atoms with Crippen LogP contribution in [-0.4, -0.2) is 37.7 Å². The summed E-state index contributed by atoms with van der Waals surface area (Å²) in [7, 11) is 0. The summed E-state index contributed by atoms with van der Waals surface area (Å²) in [5.41, 5.74) is 5.95. The largest absolute Gasteiger partial charge is 0.340 e. The second-order valence-corrected chi connectivity index (χ2v) is 7.88. The van der Waals surface area contributed by atoms with Gasteiger partial charge in [-0.1, -0.05) is 6.07 Å². The molecule has 1 aliphatic rings. The van der Waals surface area contributed by atoms with E-state index in [1.54, 1.807) is 6.20 Å². The topological polar surface area (TPSA) is 58.9 Å². The molecule has 0 amide bonds. The molecule has 0 bridgehead atoms. The Morgan fingerprint density at radius 1 is 1.14 bits per heavy atom. The Bertz CT molecular complexity index is 941. The van der Waals surface area contributed by atoms with Gasteiger partial charge in [0.05, 0.1) is 6.20 Å². The third kappa shape index (κ3) is 4.65. The molecule has 1 saturated heterocycles. The zero-order valence-corrected chi connectivity index (χ0v) is 17.6. The van der Waals surface area contributed by atoms with E-state index in [1.807, 2.05) is 24.4 Å². The molecule has 29 heavy (non-hydrogen) atoms. The van der Waals surface area contributed by atoms with Crippen molar-refractivity contribution >= 4 is 11.5 Å². The van der Waals surface area contributed by atoms with Crippen LogP contribution in [0.2, 0.25) is 0 Å². The normalized spacial score (nSPS) is 15.6. The smallest absolute Gasteiger partial charge is 0.130 e. The number of hydrogen-bond donors (Lipinski definition) is 1. The van der Waals surface area contributed by atoms with Gasteiger partial charge in [-0.05, 0) is 71.0 Å². The van der Waals surface area contributed by atoms with Gasteiger partial charge in [-0.2, -0.15) is 5.10 Å². The minimum atomic E-state index is 0.509. The molecule has 1 N–H and O–H groups in total. The number of anilines is 2. The Balaban J connectivity index is 1.39. The molecule has 4 rings (SSSR count). The standard InChI is InChI=1S/C23H30N6/c1-4-29-18(3)20(15-25-29)16-28-11-8-19(9-12-28)22-14-21(13-17(2)26-22)27-23-7-5-6-10-24-23/h5-7,10,13-15,19H,4,8-9,11-12,16H2,1-3H3,(H,24,26,27). The van der Waals surface area contributed by atoms with Crippen molar-refractivity contribution in [3.63, 3.8) is 0 Å². The van der Waals surface area contributed by atoms with Crippen LogP contribution in [0.1, 0.15) is 48.3 Å². The molecule has 1 fully saturated rings. The summed E-state index contributed by atoms with van der Waals surface area (Å²) < 4.78 is 2.08. The Morgan fingerprint density at radius 2 is 1.97 bits per heavy atom. The lowest BCUT2D eigenvalue weighted by Crippen LogP contribution is -2.32. The van der Waals surface area contributed by atoms with Crippen molar-refractivity contribution in [2.24, 2.45) is 0 Å². The van der Waals surface area contributed by atoms with Crippen molar-refractivity contribution in [2.75, 3.05) is 18.4 Å². The molecule has 0 aliphatic carbocycles. The first-order chi connectivity index (χ1) is 14.1. The number of likely N-dealkylation sites (tertiary alicyclic amines) is 1. The molecular formula is C23H30N6. The minimum Gasteiger partial charge on any atom is -0.340 e. The van der Waals surface area contributed by atoms with Crippen molar-refractivity contribution in [3.05, 3.63) is 65.4 Å². The fourth-order valence-corrected chi connectivity index (χ4v) is 4.15. The lowest BCUT2D eigenvalue weighted by molar-refractivity contribution is 0.203. The van der Waals surface area contributed by atoms with E-state index < -0.39 is 0 Å². The second-order valence-electron chi connectivity index (χ2n) is 7.88. The lowest BCUT2D eigenvalue weighted by Gasteiger charge is -2.31. The highest BCUT2D eigenvalue weighted by Crippen LogP contribution is 2.30. The van der Waals surface area contributed by atoms with E-state index in [9.17, 15) is 0 Å². The molecule has 0 spiro atoms. The van der Waals surface area contributed by atoms with Crippen LogP contribution in [0, 0.1) is 13.8 Å². The maximum atomic E-state index is 4.84. The monoisotopic (exact) mass is 390 g/mol. The molecule has 152 valence electrons. The zero-order chi connectivity index (χ0) is 20.2. The van der Waals surface area contributed by atoms with Crippen LogP contribution >= 0.6 is 0 Å². The molecule has 6 heteroatoms. The van der Waals surface area contributed by atoms with Crippen molar-refractivity contribution < 1.29 is 0 Å². The van der Waals surface area contributed by atoms with E-state index in [0.29, 0.717) is 5.92 Å². The SMILES string of the molecule is CCn1ncc(CN2CCC(c3cc(Nc4ccccn4)cc(C)n3)CC2)c1C. The number of hydrogen-bond acceptors (Lipinski definition) is 5. The van der Waals surface area contributed by atoms with Gasteiger partial charge >= 0.3 is 0 Å². The van der Waals surface area contributed by atoms with Gasteiger partial charge in [0, 0.05) is 53.5 Å². The first-order valence-electron chi connectivity index (χ1n) is 10.5. The summed E-state index contributed by atoms with van der Waals surface area (Å²) in [6, 6.07) is 10.2. The van der Waals surface area contributed by atoms with Gasteiger partial charge < -0.3 is 5.32 Å². The number of nitrogens with zero attached hydrogens (tertiary/aromatic N) is 5. The molecular weight excluding hydrogens is 360 g/mol. The predicted molar refractivity (Wildman–Crippen MR) is 116 cm³/mol. The first-order valence-corrected chi connectivity index (χ1v) is 10.5. The summed E-state index contributed by atoms with van der Waals surface area (Å²) in [5.74, 6) is 1.37. The van der Waals surface area contributed by atoms with Crippen molar-refractivity contribution in [1.82, 2.24) is 24.6 Å². The fourth-order valence-electron chi connectivity index (χ4n) is 4.15. The van der Waals surface area contributed by atoms with Crippen molar-refractivity contribution in [2.45, 2.75) is 52.6 Å². The van der Waals surface area contributed by atoms with E-state index in [0.717, 1.165) is 56.2 Å². The molecule has 3 aromatic rings. The first kappa shape index (κ1) is 19.6. The summed E-state index contributed by atoms with van der Waals surface area (Å²) in [6.07, 6.45) is 6.11. The number of rotatable bonds is 6. The third-order valence-electron chi connectivity index (χ3n) is 5.81. The molecule has 1 aliphatic heterocycles. The molecule has 4 heterocycles.